The largest absolute Gasteiger partial charge is 0.354 e. The number of fused-ring (bicyclic) bond motifs is 2. The van der Waals surface area contributed by atoms with Crippen LogP contribution in [0.1, 0.15) is 37.7 Å². The summed E-state index contributed by atoms with van der Waals surface area (Å²) in [5.41, 5.74) is 7.66. The first-order valence-electron chi connectivity index (χ1n) is 9.53. The van der Waals surface area contributed by atoms with E-state index in [1.807, 2.05) is 0 Å². The maximum atomic E-state index is 12.7. The number of hydrogen-bond acceptors (Lipinski definition) is 3. The molecule has 1 aromatic carbocycles. The summed E-state index contributed by atoms with van der Waals surface area (Å²) in [7, 11) is 0. The summed E-state index contributed by atoms with van der Waals surface area (Å²) in [6, 6.07) is 11.2. The Morgan fingerprint density at radius 2 is 1.85 bits per heavy atom. The molecule has 4 nitrogen and oxygen atoms in total. The summed E-state index contributed by atoms with van der Waals surface area (Å²) >= 11 is 0. The summed E-state index contributed by atoms with van der Waals surface area (Å²) in [6.45, 7) is 2.88. The number of carbonyl (C=O) groups excluding carboxylic acids is 1. The predicted octanol–water partition coefficient (Wildman–Crippen LogP) is 2.98. The molecule has 1 amide bonds. The number of rotatable bonds is 5. The van der Waals surface area contributed by atoms with E-state index in [1.54, 1.807) is 0 Å². The van der Waals surface area contributed by atoms with Crippen LogP contribution in [0.25, 0.3) is 0 Å². The van der Waals surface area contributed by atoms with Crippen LogP contribution in [0.3, 0.4) is 0 Å². The van der Waals surface area contributed by atoms with E-state index in [0.29, 0.717) is 17.9 Å². The van der Waals surface area contributed by atoms with Crippen molar-refractivity contribution in [1.82, 2.24) is 10.2 Å². The van der Waals surface area contributed by atoms with E-state index >= 15 is 0 Å². The van der Waals surface area contributed by atoms with Crippen molar-refractivity contribution in [1.29, 1.82) is 0 Å². The Morgan fingerprint density at radius 1 is 1.12 bits per heavy atom. The summed E-state index contributed by atoms with van der Waals surface area (Å²) in [5, 5.41) is 3.24. The van der Waals surface area contributed by atoms with Crippen molar-refractivity contribution in [3.63, 3.8) is 0 Å². The molecule has 3 fully saturated rings. The zero-order valence-electron chi connectivity index (χ0n) is 15.2. The normalized spacial score (nSPS) is 32.7. The number of carbonyl (C=O) groups is 1. The van der Waals surface area contributed by atoms with Crippen LogP contribution in [-0.4, -0.2) is 36.0 Å². The Bertz CT molecular complexity index is 584. The molecule has 0 aromatic heterocycles. The molecule has 3 aliphatic rings. The van der Waals surface area contributed by atoms with Gasteiger partial charge in [0.1, 0.15) is 0 Å². The van der Waals surface area contributed by atoms with E-state index in [4.69, 9.17) is 5.73 Å². The minimum absolute atomic E-state index is 0. The van der Waals surface area contributed by atoms with Gasteiger partial charge in [-0.3, -0.25) is 9.69 Å². The van der Waals surface area contributed by atoms with Gasteiger partial charge in [-0.25, -0.2) is 0 Å². The molecular formula is C20H31Cl2N3O. The van der Waals surface area contributed by atoms with Crippen molar-refractivity contribution in [3.8, 4) is 0 Å². The van der Waals surface area contributed by atoms with Crippen LogP contribution in [-0.2, 0) is 11.3 Å². The molecule has 3 N–H and O–H groups in total. The van der Waals surface area contributed by atoms with Gasteiger partial charge in [-0.05, 0) is 56.0 Å². The van der Waals surface area contributed by atoms with E-state index < -0.39 is 0 Å². The first kappa shape index (κ1) is 21.5. The maximum absolute atomic E-state index is 12.7. The zero-order chi connectivity index (χ0) is 16.5. The van der Waals surface area contributed by atoms with E-state index in [1.165, 1.54) is 37.7 Å². The van der Waals surface area contributed by atoms with Gasteiger partial charge in [-0.1, -0.05) is 30.3 Å². The van der Waals surface area contributed by atoms with Crippen molar-refractivity contribution in [2.24, 2.45) is 23.5 Å². The van der Waals surface area contributed by atoms with Gasteiger partial charge in [0.25, 0.3) is 0 Å². The number of halogens is 2. The van der Waals surface area contributed by atoms with Gasteiger partial charge in [-0.15, -0.1) is 24.8 Å². The average molecular weight is 400 g/mol. The van der Waals surface area contributed by atoms with Crippen LogP contribution < -0.4 is 11.1 Å². The predicted molar refractivity (Wildman–Crippen MR) is 110 cm³/mol. The molecule has 146 valence electrons. The van der Waals surface area contributed by atoms with Crippen molar-refractivity contribution >= 4 is 30.7 Å². The third kappa shape index (κ3) is 4.36. The second-order valence-corrected chi connectivity index (χ2v) is 7.93. The fraction of sp³-hybridized carbons (Fsp3) is 0.650. The molecule has 5 unspecified atom stereocenters. The Balaban J connectivity index is 0.00000121. The Hall–Kier alpha value is -0.810. The topological polar surface area (TPSA) is 58.4 Å². The van der Waals surface area contributed by atoms with Crippen LogP contribution in [0.4, 0.5) is 0 Å². The number of amides is 1. The molecule has 0 spiro atoms. The lowest BCUT2D eigenvalue weighted by molar-refractivity contribution is -0.127. The van der Waals surface area contributed by atoms with Gasteiger partial charge < -0.3 is 11.1 Å². The van der Waals surface area contributed by atoms with Gasteiger partial charge in [-0.2, -0.15) is 0 Å². The third-order valence-electron chi connectivity index (χ3n) is 6.52. The molecule has 4 rings (SSSR count). The highest BCUT2D eigenvalue weighted by Crippen LogP contribution is 2.47. The second-order valence-electron chi connectivity index (χ2n) is 7.93. The van der Waals surface area contributed by atoms with Crippen LogP contribution >= 0.6 is 24.8 Å². The van der Waals surface area contributed by atoms with Gasteiger partial charge >= 0.3 is 0 Å². The lowest BCUT2D eigenvalue weighted by atomic mass is 9.84. The SMILES string of the molecule is Cl.Cl.NC1C2CCC(C2)C1C(=O)NCC1CCCN1Cc1ccccc1. The fourth-order valence-electron chi connectivity index (χ4n) is 5.21. The molecule has 1 saturated heterocycles. The lowest BCUT2D eigenvalue weighted by Gasteiger charge is -2.29. The quantitative estimate of drug-likeness (QED) is 0.799. The van der Waals surface area contributed by atoms with E-state index in [0.717, 1.165) is 19.6 Å². The first-order chi connectivity index (χ1) is 11.7. The molecule has 1 aliphatic heterocycles. The smallest absolute Gasteiger partial charge is 0.225 e. The Morgan fingerprint density at radius 3 is 2.54 bits per heavy atom. The molecule has 1 aromatic rings. The number of nitrogens with one attached hydrogen (secondary N) is 1. The van der Waals surface area contributed by atoms with Crippen molar-refractivity contribution in [2.75, 3.05) is 13.1 Å². The van der Waals surface area contributed by atoms with Crippen LogP contribution in [0, 0.1) is 17.8 Å². The third-order valence-corrected chi connectivity index (χ3v) is 6.52. The summed E-state index contributed by atoms with van der Waals surface area (Å²) in [5.74, 6) is 1.40. The standard InChI is InChI=1S/C20H29N3O.2ClH/c21-19-16-9-8-15(11-16)18(19)20(24)22-12-17-7-4-10-23(17)13-14-5-2-1-3-6-14;;/h1-3,5-6,15-19H,4,7-13,21H2,(H,22,24);2*1H. The monoisotopic (exact) mass is 399 g/mol. The number of nitrogens with two attached hydrogens (primary N) is 1. The van der Waals surface area contributed by atoms with Crippen LogP contribution in [0.5, 0.6) is 0 Å². The van der Waals surface area contributed by atoms with Crippen molar-refractivity contribution in [2.45, 2.75) is 50.7 Å². The molecule has 0 radical (unpaired) electrons. The lowest BCUT2D eigenvalue weighted by Crippen LogP contribution is -2.48. The highest BCUT2D eigenvalue weighted by molar-refractivity contribution is 5.85. The van der Waals surface area contributed by atoms with Crippen molar-refractivity contribution < 1.29 is 4.79 Å². The molecule has 5 atom stereocenters. The molecule has 26 heavy (non-hydrogen) atoms. The van der Waals surface area contributed by atoms with Gasteiger partial charge in [0, 0.05) is 25.2 Å². The van der Waals surface area contributed by atoms with Gasteiger partial charge in [0.2, 0.25) is 5.91 Å². The molecular weight excluding hydrogens is 369 g/mol. The van der Waals surface area contributed by atoms with Gasteiger partial charge in [0.05, 0.1) is 5.92 Å². The summed E-state index contributed by atoms with van der Waals surface area (Å²) in [6.07, 6.45) is 5.99. The zero-order valence-corrected chi connectivity index (χ0v) is 16.8. The fourth-order valence-corrected chi connectivity index (χ4v) is 5.21. The summed E-state index contributed by atoms with van der Waals surface area (Å²) < 4.78 is 0. The van der Waals surface area contributed by atoms with Gasteiger partial charge in [0.15, 0.2) is 0 Å². The minimum Gasteiger partial charge on any atom is -0.354 e. The minimum atomic E-state index is 0. The first-order valence-corrected chi connectivity index (χ1v) is 9.53. The van der Waals surface area contributed by atoms with Crippen LogP contribution in [0.15, 0.2) is 30.3 Å². The van der Waals surface area contributed by atoms with E-state index in [9.17, 15) is 4.79 Å². The number of hydrogen-bond donors (Lipinski definition) is 2. The highest BCUT2D eigenvalue weighted by Gasteiger charge is 2.49. The summed E-state index contributed by atoms with van der Waals surface area (Å²) in [4.78, 5) is 15.2. The van der Waals surface area contributed by atoms with E-state index in [2.05, 4.69) is 40.5 Å². The molecule has 2 aliphatic carbocycles. The second kappa shape index (κ2) is 9.41. The Labute approximate surface area is 169 Å². The Kier molecular flexibility index (Phi) is 7.77. The molecule has 2 bridgehead atoms. The number of nitrogens with zero attached hydrogens (tertiary/aromatic N) is 1. The molecule has 1 heterocycles. The molecule has 2 saturated carbocycles. The number of benzene rings is 1. The van der Waals surface area contributed by atoms with Crippen molar-refractivity contribution in [3.05, 3.63) is 35.9 Å². The van der Waals surface area contributed by atoms with E-state index in [-0.39, 0.29) is 42.7 Å². The average Bonchev–Trinajstić information content (AvgIpc) is 3.30. The number of likely N-dealkylation sites (tertiary alicyclic amines) is 1. The maximum Gasteiger partial charge on any atom is 0.225 e. The van der Waals surface area contributed by atoms with Crippen LogP contribution in [0.2, 0.25) is 0 Å². The molecule has 6 heteroatoms. The highest BCUT2D eigenvalue weighted by atomic mass is 35.5.